The first kappa shape index (κ1) is 13.8. The molecule has 0 amide bonds. The van der Waals surface area contributed by atoms with Crippen LogP contribution in [0.1, 0.15) is 11.1 Å². The van der Waals surface area contributed by atoms with Gasteiger partial charge in [-0.05, 0) is 60.3 Å². The molecule has 0 spiro atoms. The second kappa shape index (κ2) is 6.06. The average Bonchev–Trinajstić information content (AvgIpc) is 2.94. The second-order valence-electron chi connectivity index (χ2n) is 5.06. The number of H-pyrrole nitrogens is 1. The number of hydrogen-bond donors (Lipinski definition) is 2. The van der Waals surface area contributed by atoms with Crippen LogP contribution >= 0.6 is 0 Å². The van der Waals surface area contributed by atoms with Crippen LogP contribution in [0.4, 0.5) is 8.78 Å². The Bertz CT molecular complexity index is 749. The third kappa shape index (κ3) is 3.28. The van der Waals surface area contributed by atoms with Crippen LogP contribution in [0.5, 0.6) is 0 Å². The monoisotopic (exact) mass is 286 g/mol. The van der Waals surface area contributed by atoms with Crippen LogP contribution in [0.3, 0.4) is 0 Å². The van der Waals surface area contributed by atoms with Crippen LogP contribution in [0, 0.1) is 11.6 Å². The summed E-state index contributed by atoms with van der Waals surface area (Å²) >= 11 is 0. The maximum Gasteiger partial charge on any atom is 0.127 e. The molecule has 0 saturated carbocycles. The topological polar surface area (TPSA) is 27.8 Å². The summed E-state index contributed by atoms with van der Waals surface area (Å²) in [5.74, 6) is -0.788. The van der Waals surface area contributed by atoms with E-state index in [-0.39, 0.29) is 5.82 Å². The van der Waals surface area contributed by atoms with E-state index in [0.717, 1.165) is 24.1 Å². The highest BCUT2D eigenvalue weighted by Gasteiger charge is 2.03. The van der Waals surface area contributed by atoms with Crippen LogP contribution in [-0.2, 0) is 13.0 Å². The van der Waals surface area contributed by atoms with Crippen LogP contribution < -0.4 is 5.32 Å². The average molecular weight is 286 g/mol. The zero-order valence-corrected chi connectivity index (χ0v) is 11.5. The quantitative estimate of drug-likeness (QED) is 0.686. The van der Waals surface area contributed by atoms with Gasteiger partial charge in [-0.1, -0.05) is 6.07 Å². The SMILES string of the molecule is Fc1ccc(F)c(CNCCc2ccc3[nH]ccc3c2)c1. The van der Waals surface area contributed by atoms with Gasteiger partial charge in [-0.2, -0.15) is 0 Å². The van der Waals surface area contributed by atoms with Gasteiger partial charge in [-0.25, -0.2) is 8.78 Å². The summed E-state index contributed by atoms with van der Waals surface area (Å²) in [7, 11) is 0. The molecular formula is C17H16F2N2. The van der Waals surface area contributed by atoms with Crippen LogP contribution in [-0.4, -0.2) is 11.5 Å². The number of halogens is 2. The van der Waals surface area contributed by atoms with Gasteiger partial charge >= 0.3 is 0 Å². The van der Waals surface area contributed by atoms with Gasteiger partial charge in [0.25, 0.3) is 0 Å². The van der Waals surface area contributed by atoms with Gasteiger partial charge in [0.2, 0.25) is 0 Å². The molecule has 0 aliphatic rings. The number of hydrogen-bond acceptors (Lipinski definition) is 1. The number of fused-ring (bicyclic) bond motifs is 1. The summed E-state index contributed by atoms with van der Waals surface area (Å²) in [4.78, 5) is 3.15. The fourth-order valence-electron chi connectivity index (χ4n) is 2.39. The van der Waals surface area contributed by atoms with E-state index in [4.69, 9.17) is 0 Å². The maximum absolute atomic E-state index is 13.4. The molecule has 0 aliphatic carbocycles. The molecule has 0 atom stereocenters. The Kier molecular flexibility index (Phi) is 3.97. The van der Waals surface area contributed by atoms with Crippen molar-refractivity contribution in [3.05, 3.63) is 71.4 Å². The number of aromatic amines is 1. The summed E-state index contributed by atoms with van der Waals surface area (Å²) in [6.45, 7) is 1.04. The molecule has 0 saturated heterocycles. The Balaban J connectivity index is 1.55. The van der Waals surface area contributed by atoms with Crippen molar-refractivity contribution in [3.63, 3.8) is 0 Å². The van der Waals surface area contributed by atoms with Crippen molar-refractivity contribution in [2.45, 2.75) is 13.0 Å². The normalized spacial score (nSPS) is 11.1. The fraction of sp³-hybridized carbons (Fsp3) is 0.176. The lowest BCUT2D eigenvalue weighted by Crippen LogP contribution is -2.17. The zero-order chi connectivity index (χ0) is 14.7. The van der Waals surface area contributed by atoms with E-state index >= 15 is 0 Å². The third-order valence-corrected chi connectivity index (χ3v) is 3.53. The highest BCUT2D eigenvalue weighted by molar-refractivity contribution is 5.79. The number of rotatable bonds is 5. The molecule has 21 heavy (non-hydrogen) atoms. The highest BCUT2D eigenvalue weighted by Crippen LogP contribution is 2.14. The Labute approximate surface area is 121 Å². The van der Waals surface area contributed by atoms with Crippen molar-refractivity contribution < 1.29 is 8.78 Å². The highest BCUT2D eigenvalue weighted by atomic mass is 19.1. The molecule has 4 heteroatoms. The molecule has 0 aliphatic heterocycles. The van der Waals surface area contributed by atoms with Crippen LogP contribution in [0.2, 0.25) is 0 Å². The lowest BCUT2D eigenvalue weighted by atomic mass is 10.1. The summed E-state index contributed by atoms with van der Waals surface area (Å²) in [5, 5.41) is 4.33. The van der Waals surface area contributed by atoms with E-state index in [1.54, 1.807) is 0 Å². The summed E-state index contributed by atoms with van der Waals surface area (Å²) < 4.78 is 26.5. The Morgan fingerprint density at radius 3 is 2.81 bits per heavy atom. The van der Waals surface area contributed by atoms with E-state index in [0.29, 0.717) is 18.7 Å². The molecule has 1 aromatic heterocycles. The molecule has 108 valence electrons. The van der Waals surface area contributed by atoms with Gasteiger partial charge in [0.15, 0.2) is 0 Å². The van der Waals surface area contributed by atoms with Crippen molar-refractivity contribution in [2.24, 2.45) is 0 Å². The fourth-order valence-corrected chi connectivity index (χ4v) is 2.39. The summed E-state index contributed by atoms with van der Waals surface area (Å²) in [6, 6.07) is 11.8. The molecule has 0 unspecified atom stereocenters. The maximum atomic E-state index is 13.4. The molecule has 1 heterocycles. The molecule has 0 radical (unpaired) electrons. The summed E-state index contributed by atoms with van der Waals surface area (Å²) in [6.07, 6.45) is 2.76. The molecule has 2 nitrogen and oxygen atoms in total. The minimum atomic E-state index is -0.411. The van der Waals surface area contributed by atoms with Gasteiger partial charge in [-0.15, -0.1) is 0 Å². The minimum Gasteiger partial charge on any atom is -0.361 e. The third-order valence-electron chi connectivity index (χ3n) is 3.53. The van der Waals surface area contributed by atoms with Crippen LogP contribution in [0.15, 0.2) is 48.7 Å². The van der Waals surface area contributed by atoms with Gasteiger partial charge in [0.1, 0.15) is 11.6 Å². The van der Waals surface area contributed by atoms with Gasteiger partial charge in [-0.3, -0.25) is 0 Å². The van der Waals surface area contributed by atoms with E-state index in [2.05, 4.69) is 28.5 Å². The van der Waals surface area contributed by atoms with Crippen molar-refractivity contribution in [1.82, 2.24) is 10.3 Å². The largest absolute Gasteiger partial charge is 0.361 e. The lowest BCUT2D eigenvalue weighted by Gasteiger charge is -2.07. The molecule has 0 fully saturated rings. The second-order valence-corrected chi connectivity index (χ2v) is 5.06. The number of benzene rings is 2. The minimum absolute atomic E-state index is 0.329. The zero-order valence-electron chi connectivity index (χ0n) is 11.5. The smallest absolute Gasteiger partial charge is 0.127 e. The van der Waals surface area contributed by atoms with Crippen molar-refractivity contribution in [1.29, 1.82) is 0 Å². The molecule has 3 rings (SSSR count). The van der Waals surface area contributed by atoms with E-state index in [1.165, 1.54) is 17.0 Å². The Hall–Kier alpha value is -2.20. The van der Waals surface area contributed by atoms with Gasteiger partial charge in [0, 0.05) is 23.8 Å². The molecular weight excluding hydrogens is 270 g/mol. The summed E-state index contributed by atoms with van der Waals surface area (Å²) in [5.41, 5.74) is 2.69. The molecule has 2 N–H and O–H groups in total. The number of aromatic nitrogens is 1. The van der Waals surface area contributed by atoms with E-state index in [9.17, 15) is 8.78 Å². The van der Waals surface area contributed by atoms with E-state index < -0.39 is 5.82 Å². The first-order valence-electron chi connectivity index (χ1n) is 6.93. The molecule has 3 aromatic rings. The molecule has 0 bridgehead atoms. The van der Waals surface area contributed by atoms with Crippen molar-refractivity contribution in [2.75, 3.05) is 6.54 Å². The Morgan fingerprint density at radius 1 is 1.00 bits per heavy atom. The lowest BCUT2D eigenvalue weighted by molar-refractivity contribution is 0.569. The predicted molar refractivity (Wildman–Crippen MR) is 80.1 cm³/mol. The Morgan fingerprint density at radius 2 is 1.90 bits per heavy atom. The molecule has 2 aromatic carbocycles. The standard InChI is InChI=1S/C17H16F2N2/c18-15-2-3-16(19)14(10-15)11-20-7-5-12-1-4-17-13(9-12)6-8-21-17/h1-4,6,8-10,20-21H,5,7,11H2. The first-order valence-corrected chi connectivity index (χ1v) is 6.93. The van der Waals surface area contributed by atoms with Gasteiger partial charge < -0.3 is 10.3 Å². The van der Waals surface area contributed by atoms with Gasteiger partial charge in [0.05, 0.1) is 0 Å². The van der Waals surface area contributed by atoms with Crippen LogP contribution in [0.25, 0.3) is 10.9 Å². The predicted octanol–water partition coefficient (Wildman–Crippen LogP) is 3.78. The number of nitrogens with one attached hydrogen (secondary N) is 2. The first-order chi connectivity index (χ1) is 10.2. The van der Waals surface area contributed by atoms with Crippen molar-refractivity contribution in [3.8, 4) is 0 Å². The van der Waals surface area contributed by atoms with Crippen molar-refractivity contribution >= 4 is 10.9 Å². The van der Waals surface area contributed by atoms with E-state index in [1.807, 2.05) is 12.3 Å².